The van der Waals surface area contributed by atoms with Crippen LogP contribution in [0.25, 0.3) is 0 Å². The Morgan fingerprint density at radius 1 is 1.15 bits per heavy atom. The van der Waals surface area contributed by atoms with Crippen molar-refractivity contribution in [2.24, 2.45) is 0 Å². The third-order valence-corrected chi connectivity index (χ3v) is 5.48. The number of hydrogen-bond donors (Lipinski definition) is 1. The Kier molecular flexibility index (Phi) is 7.13. The third kappa shape index (κ3) is 5.94. The first kappa shape index (κ1) is 20.2. The smallest absolute Gasteiger partial charge is 0.224 e. The van der Waals surface area contributed by atoms with E-state index >= 15 is 0 Å². The topological polar surface area (TPSA) is 41.6 Å². The lowest BCUT2D eigenvalue weighted by atomic mass is 10.1. The monoisotopic (exact) mass is 406 g/mol. The van der Waals surface area contributed by atoms with Crippen molar-refractivity contribution in [3.05, 3.63) is 69.7 Å². The van der Waals surface area contributed by atoms with Crippen molar-refractivity contribution >= 4 is 29.1 Å². The maximum absolute atomic E-state index is 12.2. The van der Waals surface area contributed by atoms with E-state index in [0.29, 0.717) is 35.7 Å². The molecule has 0 aliphatic carbocycles. The van der Waals surface area contributed by atoms with Crippen LogP contribution in [-0.2, 0) is 22.5 Å². The van der Waals surface area contributed by atoms with Gasteiger partial charge in [0, 0.05) is 25.7 Å². The van der Waals surface area contributed by atoms with Gasteiger partial charge in [0.15, 0.2) is 0 Å². The predicted octanol–water partition coefficient (Wildman–Crippen LogP) is 3.94. The molecule has 0 spiro atoms. The number of rotatable bonds is 6. The molecule has 2 atom stereocenters. The Morgan fingerprint density at radius 3 is 2.67 bits per heavy atom. The van der Waals surface area contributed by atoms with Gasteiger partial charge in [0.25, 0.3) is 0 Å². The standard InChI is InChI=1S/C21H24Cl2N2O2/c1-15-14-27-18(11-24-21(26)10-16-5-3-2-4-6-16)13-25(15)12-17-7-8-19(22)20(23)9-17/h2-9,15,18H,10-14H2,1H3,(H,24,26)/t15-,18+/m0/s1. The van der Waals surface area contributed by atoms with Gasteiger partial charge in [0.1, 0.15) is 0 Å². The molecule has 3 rings (SSSR count). The van der Waals surface area contributed by atoms with Crippen LogP contribution in [0.1, 0.15) is 18.1 Å². The quantitative estimate of drug-likeness (QED) is 0.789. The van der Waals surface area contributed by atoms with E-state index in [4.69, 9.17) is 27.9 Å². The zero-order chi connectivity index (χ0) is 19.2. The second-order valence-electron chi connectivity index (χ2n) is 6.95. The molecule has 1 saturated heterocycles. The van der Waals surface area contributed by atoms with Crippen LogP contribution < -0.4 is 5.32 Å². The number of amides is 1. The van der Waals surface area contributed by atoms with Crippen LogP contribution in [0.3, 0.4) is 0 Å². The summed E-state index contributed by atoms with van der Waals surface area (Å²) in [5.74, 6) is 0.0134. The number of morpholine rings is 1. The maximum Gasteiger partial charge on any atom is 0.224 e. The number of carbonyl (C=O) groups is 1. The summed E-state index contributed by atoms with van der Waals surface area (Å²) in [4.78, 5) is 14.5. The van der Waals surface area contributed by atoms with Crippen LogP contribution in [0.15, 0.2) is 48.5 Å². The Labute approximate surface area is 170 Å². The summed E-state index contributed by atoms with van der Waals surface area (Å²) in [6, 6.07) is 15.8. The van der Waals surface area contributed by atoms with Gasteiger partial charge in [0.2, 0.25) is 5.91 Å². The van der Waals surface area contributed by atoms with Gasteiger partial charge >= 0.3 is 0 Å². The fraction of sp³-hybridized carbons (Fsp3) is 0.381. The Bertz CT molecular complexity index is 770. The van der Waals surface area contributed by atoms with E-state index in [1.165, 1.54) is 0 Å². The highest BCUT2D eigenvalue weighted by Gasteiger charge is 2.26. The summed E-state index contributed by atoms with van der Waals surface area (Å²) in [5, 5.41) is 4.12. The van der Waals surface area contributed by atoms with Crippen LogP contribution in [0.2, 0.25) is 10.0 Å². The van der Waals surface area contributed by atoms with Gasteiger partial charge in [-0.25, -0.2) is 0 Å². The van der Waals surface area contributed by atoms with E-state index < -0.39 is 0 Å². The molecule has 2 aromatic carbocycles. The molecule has 4 nitrogen and oxygen atoms in total. The summed E-state index contributed by atoms with van der Waals surface area (Å²) in [7, 11) is 0. The van der Waals surface area contributed by atoms with Gasteiger partial charge in [-0.3, -0.25) is 9.69 Å². The first-order valence-corrected chi connectivity index (χ1v) is 9.87. The summed E-state index contributed by atoms with van der Waals surface area (Å²) in [5.41, 5.74) is 2.12. The number of benzene rings is 2. The summed E-state index contributed by atoms with van der Waals surface area (Å²) in [6.45, 7) is 4.82. The molecule has 0 bridgehead atoms. The van der Waals surface area contributed by atoms with Gasteiger partial charge in [-0.15, -0.1) is 0 Å². The number of hydrogen-bond acceptors (Lipinski definition) is 3. The van der Waals surface area contributed by atoms with E-state index in [1.54, 1.807) is 0 Å². The number of nitrogens with one attached hydrogen (secondary N) is 1. The van der Waals surface area contributed by atoms with Gasteiger partial charge in [0.05, 0.1) is 29.2 Å². The number of carbonyl (C=O) groups excluding carboxylic acids is 1. The number of ether oxygens (including phenoxy) is 1. The number of nitrogens with zero attached hydrogens (tertiary/aromatic N) is 1. The van der Waals surface area contributed by atoms with E-state index in [9.17, 15) is 4.79 Å². The largest absolute Gasteiger partial charge is 0.373 e. The van der Waals surface area contributed by atoms with Crippen LogP contribution in [0.5, 0.6) is 0 Å². The SMILES string of the molecule is C[C@H]1CO[C@H](CNC(=O)Cc2ccccc2)CN1Cc1ccc(Cl)c(Cl)c1. The Hall–Kier alpha value is -1.59. The molecular formula is C21H24Cl2N2O2. The summed E-state index contributed by atoms with van der Waals surface area (Å²) >= 11 is 12.1. The highest BCUT2D eigenvalue weighted by molar-refractivity contribution is 6.42. The van der Waals surface area contributed by atoms with Crippen molar-refractivity contribution in [1.29, 1.82) is 0 Å². The molecular weight excluding hydrogens is 383 g/mol. The minimum absolute atomic E-state index is 0.0134. The fourth-order valence-electron chi connectivity index (χ4n) is 3.16. The molecule has 2 aromatic rings. The zero-order valence-corrected chi connectivity index (χ0v) is 16.8. The van der Waals surface area contributed by atoms with Gasteiger partial charge in [-0.1, -0.05) is 59.6 Å². The minimum Gasteiger partial charge on any atom is -0.373 e. The molecule has 144 valence electrons. The van der Waals surface area contributed by atoms with Crippen LogP contribution in [0, 0.1) is 0 Å². The molecule has 27 heavy (non-hydrogen) atoms. The average molecular weight is 407 g/mol. The van der Waals surface area contributed by atoms with Gasteiger partial charge in [-0.05, 0) is 30.2 Å². The van der Waals surface area contributed by atoms with Crippen LogP contribution in [-0.4, -0.2) is 42.6 Å². The molecule has 1 fully saturated rings. The normalized spacial score (nSPS) is 20.4. The van der Waals surface area contributed by atoms with Crippen molar-refractivity contribution < 1.29 is 9.53 Å². The lowest BCUT2D eigenvalue weighted by molar-refractivity contribution is -0.122. The van der Waals surface area contributed by atoms with Crippen LogP contribution >= 0.6 is 23.2 Å². The molecule has 1 aliphatic rings. The van der Waals surface area contributed by atoms with E-state index in [1.807, 2.05) is 48.5 Å². The van der Waals surface area contributed by atoms with Crippen molar-refractivity contribution in [2.45, 2.75) is 32.0 Å². The molecule has 0 saturated carbocycles. The van der Waals surface area contributed by atoms with Crippen molar-refractivity contribution in [1.82, 2.24) is 10.2 Å². The molecule has 1 N–H and O–H groups in total. The maximum atomic E-state index is 12.2. The highest BCUT2D eigenvalue weighted by atomic mass is 35.5. The lowest BCUT2D eigenvalue weighted by Crippen LogP contribution is -2.51. The van der Waals surface area contributed by atoms with Crippen molar-refractivity contribution in [3.63, 3.8) is 0 Å². The highest BCUT2D eigenvalue weighted by Crippen LogP contribution is 2.24. The third-order valence-electron chi connectivity index (χ3n) is 4.74. The molecule has 1 amide bonds. The van der Waals surface area contributed by atoms with Gasteiger partial charge in [-0.2, -0.15) is 0 Å². The molecule has 0 aromatic heterocycles. The molecule has 6 heteroatoms. The van der Waals surface area contributed by atoms with E-state index in [-0.39, 0.29) is 12.0 Å². The van der Waals surface area contributed by atoms with Gasteiger partial charge < -0.3 is 10.1 Å². The molecule has 1 heterocycles. The van der Waals surface area contributed by atoms with Crippen LogP contribution in [0.4, 0.5) is 0 Å². The molecule has 1 aliphatic heterocycles. The lowest BCUT2D eigenvalue weighted by Gasteiger charge is -2.38. The minimum atomic E-state index is -0.0244. The van der Waals surface area contributed by atoms with E-state index in [0.717, 1.165) is 24.2 Å². The summed E-state index contributed by atoms with van der Waals surface area (Å²) < 4.78 is 5.90. The molecule has 0 unspecified atom stereocenters. The Morgan fingerprint density at radius 2 is 1.93 bits per heavy atom. The molecule has 0 radical (unpaired) electrons. The number of halogens is 2. The van der Waals surface area contributed by atoms with Crippen molar-refractivity contribution in [2.75, 3.05) is 19.7 Å². The second kappa shape index (κ2) is 9.56. The van der Waals surface area contributed by atoms with Crippen molar-refractivity contribution in [3.8, 4) is 0 Å². The zero-order valence-electron chi connectivity index (χ0n) is 15.3. The van der Waals surface area contributed by atoms with E-state index in [2.05, 4.69) is 17.1 Å². The Balaban J connectivity index is 1.50. The summed E-state index contributed by atoms with van der Waals surface area (Å²) in [6.07, 6.45) is 0.362. The first-order valence-electron chi connectivity index (χ1n) is 9.11. The second-order valence-corrected chi connectivity index (χ2v) is 7.76. The average Bonchev–Trinajstić information content (AvgIpc) is 2.66. The predicted molar refractivity (Wildman–Crippen MR) is 109 cm³/mol. The fourth-order valence-corrected chi connectivity index (χ4v) is 3.48. The first-order chi connectivity index (χ1) is 13.0.